The van der Waals surface area contributed by atoms with Crippen LogP contribution in [-0.2, 0) is 4.74 Å². The zero-order valence-electron chi connectivity index (χ0n) is 16.3. The molecule has 1 aromatic rings. The smallest absolute Gasteiger partial charge is 0.410 e. The van der Waals surface area contributed by atoms with Crippen LogP contribution in [0.4, 0.5) is 9.18 Å². The Hall–Kier alpha value is -1.58. The Kier molecular flexibility index (Phi) is 6.31. The molecule has 29 heavy (non-hydrogen) atoms. The maximum absolute atomic E-state index is 13.9. The molecule has 0 aliphatic carbocycles. The van der Waals surface area contributed by atoms with Crippen molar-refractivity contribution >= 4 is 39.6 Å². The second-order valence-electron chi connectivity index (χ2n) is 8.18. The lowest BCUT2D eigenvalue weighted by Gasteiger charge is -2.41. The summed E-state index contributed by atoms with van der Waals surface area (Å²) in [6, 6.07) is 0.507. The van der Waals surface area contributed by atoms with Gasteiger partial charge in [0.25, 0.3) is 0 Å². The van der Waals surface area contributed by atoms with Gasteiger partial charge in [-0.1, -0.05) is 11.6 Å². The van der Waals surface area contributed by atoms with Crippen molar-refractivity contribution in [2.24, 2.45) is 0 Å². The molecule has 0 aromatic heterocycles. The summed E-state index contributed by atoms with van der Waals surface area (Å²) >= 11 is 9.12. The maximum Gasteiger partial charge on any atom is 0.410 e. The van der Waals surface area contributed by atoms with Gasteiger partial charge in [0.15, 0.2) is 5.75 Å². The quantitative estimate of drug-likeness (QED) is 0.615. The molecular weight excluding hydrogens is 471 g/mol. The number of ether oxygens (including phenoxy) is 2. The molecule has 7 nitrogen and oxygen atoms in total. The molecule has 160 valence electrons. The number of rotatable bonds is 4. The van der Waals surface area contributed by atoms with Crippen LogP contribution in [0.15, 0.2) is 10.5 Å². The largest absolute Gasteiger partial charge is 0.489 e. The number of benzene rings is 1. The first kappa shape index (κ1) is 22.1. The Balaban J connectivity index is 1.77. The van der Waals surface area contributed by atoms with Crippen molar-refractivity contribution in [2.45, 2.75) is 57.3 Å². The summed E-state index contributed by atoms with van der Waals surface area (Å²) in [5.41, 5.74) is -0.961. The van der Waals surface area contributed by atoms with Crippen LogP contribution in [0.2, 0.25) is 5.02 Å². The van der Waals surface area contributed by atoms with Gasteiger partial charge in [-0.3, -0.25) is 4.90 Å². The molecule has 2 aliphatic rings. The van der Waals surface area contributed by atoms with Gasteiger partial charge in [0.2, 0.25) is 0 Å². The Morgan fingerprint density at radius 2 is 2.10 bits per heavy atom. The van der Waals surface area contributed by atoms with Gasteiger partial charge in [-0.15, -0.1) is 0 Å². The van der Waals surface area contributed by atoms with Crippen molar-refractivity contribution in [3.63, 3.8) is 0 Å². The highest BCUT2D eigenvalue weighted by Crippen LogP contribution is 2.38. The van der Waals surface area contributed by atoms with Crippen molar-refractivity contribution in [3.05, 3.63) is 26.9 Å². The minimum atomic E-state index is -1.35. The van der Waals surface area contributed by atoms with E-state index in [1.54, 1.807) is 4.90 Å². The van der Waals surface area contributed by atoms with Crippen molar-refractivity contribution in [3.8, 4) is 5.75 Å². The van der Waals surface area contributed by atoms with Crippen LogP contribution in [0.3, 0.4) is 0 Å². The molecule has 0 saturated carbocycles. The van der Waals surface area contributed by atoms with Crippen molar-refractivity contribution in [2.75, 3.05) is 13.2 Å². The van der Waals surface area contributed by atoms with Crippen molar-refractivity contribution < 1.29 is 28.6 Å². The zero-order valence-corrected chi connectivity index (χ0v) is 18.6. The average molecular weight is 494 g/mol. The van der Waals surface area contributed by atoms with Gasteiger partial charge >= 0.3 is 12.1 Å². The van der Waals surface area contributed by atoms with Crippen LogP contribution in [0.1, 0.15) is 44.0 Å². The van der Waals surface area contributed by atoms with Crippen LogP contribution in [0, 0.1) is 5.82 Å². The van der Waals surface area contributed by atoms with Gasteiger partial charge in [-0.05, 0) is 55.6 Å². The normalized spacial score (nSPS) is 23.8. The van der Waals surface area contributed by atoms with Gasteiger partial charge in [0.1, 0.15) is 28.6 Å². The molecule has 2 saturated heterocycles. The predicted molar refractivity (Wildman–Crippen MR) is 108 cm³/mol. The lowest BCUT2D eigenvalue weighted by Crippen LogP contribution is -2.61. The third kappa shape index (κ3) is 4.62. The van der Waals surface area contributed by atoms with Crippen LogP contribution < -0.4 is 10.1 Å². The SMILES string of the molecule is CC(C)(C)OC(=O)N1[C@H]2CC[C@@H]1[C@@H](COc1c(C(=O)O)cc(F)c(Br)c1Cl)NC2. The lowest BCUT2D eigenvalue weighted by molar-refractivity contribution is 0.00121. The first-order chi connectivity index (χ1) is 13.5. The second kappa shape index (κ2) is 8.28. The number of hydrogen-bond acceptors (Lipinski definition) is 5. The fourth-order valence-corrected chi connectivity index (χ4v) is 4.29. The highest BCUT2D eigenvalue weighted by Gasteiger charge is 2.46. The summed E-state index contributed by atoms with van der Waals surface area (Å²) in [4.78, 5) is 25.9. The van der Waals surface area contributed by atoms with Crippen molar-refractivity contribution in [1.29, 1.82) is 0 Å². The number of carboxylic acids is 1. The summed E-state index contributed by atoms with van der Waals surface area (Å²) in [5, 5.41) is 12.6. The van der Waals surface area contributed by atoms with E-state index in [0.29, 0.717) is 6.54 Å². The molecule has 3 atom stereocenters. The highest BCUT2D eigenvalue weighted by atomic mass is 79.9. The first-order valence-electron chi connectivity index (χ1n) is 9.28. The molecule has 2 aliphatic heterocycles. The number of carboxylic acid groups (broad SMARTS) is 1. The summed E-state index contributed by atoms with van der Waals surface area (Å²) in [7, 11) is 0. The van der Waals surface area contributed by atoms with E-state index in [1.165, 1.54) is 0 Å². The molecule has 1 aromatic carbocycles. The number of piperazine rings is 1. The third-order valence-corrected chi connectivity index (χ3v) is 6.35. The highest BCUT2D eigenvalue weighted by molar-refractivity contribution is 9.10. The Bertz CT molecular complexity index is 832. The molecule has 0 unspecified atom stereocenters. The molecule has 2 N–H and O–H groups in total. The predicted octanol–water partition coefficient (Wildman–Crippen LogP) is 4.06. The van der Waals surface area contributed by atoms with E-state index in [4.69, 9.17) is 21.1 Å². The van der Waals surface area contributed by atoms with Crippen LogP contribution in [0.5, 0.6) is 5.75 Å². The van der Waals surface area contributed by atoms with Gasteiger partial charge in [0.05, 0.1) is 16.6 Å². The second-order valence-corrected chi connectivity index (χ2v) is 9.35. The molecule has 3 rings (SSSR count). The first-order valence-corrected chi connectivity index (χ1v) is 10.4. The van der Waals surface area contributed by atoms with Gasteiger partial charge < -0.3 is 19.9 Å². The van der Waals surface area contributed by atoms with E-state index in [2.05, 4.69) is 21.2 Å². The number of nitrogens with one attached hydrogen (secondary N) is 1. The van der Waals surface area contributed by atoms with Gasteiger partial charge in [0, 0.05) is 12.6 Å². The summed E-state index contributed by atoms with van der Waals surface area (Å²) in [6.07, 6.45) is 1.25. The number of carbonyl (C=O) groups is 2. The average Bonchev–Trinajstić information content (AvgIpc) is 2.93. The van der Waals surface area contributed by atoms with Gasteiger partial charge in [-0.2, -0.15) is 0 Å². The van der Waals surface area contributed by atoms with E-state index in [9.17, 15) is 19.1 Å². The molecular formula is C19H23BrClFN2O5. The van der Waals surface area contributed by atoms with E-state index >= 15 is 0 Å². The Morgan fingerprint density at radius 1 is 1.41 bits per heavy atom. The van der Waals surface area contributed by atoms with Crippen LogP contribution >= 0.6 is 27.5 Å². The van der Waals surface area contributed by atoms with E-state index in [1.807, 2.05) is 20.8 Å². The molecule has 2 heterocycles. The fraction of sp³-hybridized carbons (Fsp3) is 0.579. The number of carbonyl (C=O) groups excluding carboxylic acids is 1. The Labute approximate surface area is 181 Å². The molecule has 10 heteroatoms. The monoisotopic (exact) mass is 492 g/mol. The number of fused-ring (bicyclic) bond motifs is 2. The topological polar surface area (TPSA) is 88.1 Å². The van der Waals surface area contributed by atoms with Crippen molar-refractivity contribution in [1.82, 2.24) is 10.2 Å². The van der Waals surface area contributed by atoms with Crippen LogP contribution in [-0.4, -0.2) is 58.9 Å². The minimum Gasteiger partial charge on any atom is -0.489 e. The molecule has 2 bridgehead atoms. The summed E-state index contributed by atoms with van der Waals surface area (Å²) in [6.45, 7) is 6.09. The Morgan fingerprint density at radius 3 is 2.72 bits per heavy atom. The molecule has 0 spiro atoms. The van der Waals surface area contributed by atoms with Crippen LogP contribution in [0.25, 0.3) is 0 Å². The number of amides is 1. The van der Waals surface area contributed by atoms with E-state index in [-0.39, 0.29) is 51.6 Å². The molecule has 1 amide bonds. The van der Waals surface area contributed by atoms with E-state index in [0.717, 1.165) is 18.9 Å². The molecule has 0 radical (unpaired) electrons. The molecule has 2 fully saturated rings. The number of hydrogen-bond donors (Lipinski definition) is 2. The number of nitrogens with zero attached hydrogens (tertiary/aromatic N) is 1. The number of halogens is 3. The number of aromatic carboxylic acids is 1. The summed E-state index contributed by atoms with van der Waals surface area (Å²) < 4.78 is 25.1. The van der Waals surface area contributed by atoms with Gasteiger partial charge in [-0.25, -0.2) is 14.0 Å². The zero-order chi connectivity index (χ0) is 21.5. The summed E-state index contributed by atoms with van der Waals surface area (Å²) in [5.74, 6) is -2.25. The standard InChI is InChI=1S/C19H23BrClFN2O5/c1-19(2,3)29-18(27)24-9-4-5-13(24)12(23-7-9)8-28-16-10(17(25)26)6-11(22)14(20)15(16)21/h6,9,12-13,23H,4-5,7-8H2,1-3H3,(H,25,26)/t9-,12+,13+/m0/s1. The maximum atomic E-state index is 13.9. The minimum absolute atomic E-state index is 0.0456. The lowest BCUT2D eigenvalue weighted by atomic mass is 10.1. The third-order valence-electron chi connectivity index (χ3n) is 4.99. The fourth-order valence-electron chi connectivity index (χ4n) is 3.75. The van der Waals surface area contributed by atoms with E-state index < -0.39 is 17.4 Å².